The SMILES string of the molecule is CCCC(CNC(=O)c1ccc(Oc2ccccc2)nc1)C(=O)O. The van der Waals surface area contributed by atoms with E-state index in [9.17, 15) is 9.59 Å². The number of pyridine rings is 1. The number of benzene rings is 1. The first-order valence-corrected chi connectivity index (χ1v) is 7.80. The molecule has 0 aliphatic rings. The van der Waals surface area contributed by atoms with Crippen molar-refractivity contribution >= 4 is 11.9 Å². The van der Waals surface area contributed by atoms with Gasteiger partial charge >= 0.3 is 5.97 Å². The van der Waals surface area contributed by atoms with E-state index in [0.29, 0.717) is 23.6 Å². The van der Waals surface area contributed by atoms with Gasteiger partial charge in [0.05, 0.1) is 11.5 Å². The number of carboxylic acid groups (broad SMARTS) is 1. The van der Waals surface area contributed by atoms with Crippen LogP contribution in [0.5, 0.6) is 11.6 Å². The predicted molar refractivity (Wildman–Crippen MR) is 89.1 cm³/mol. The zero-order valence-electron chi connectivity index (χ0n) is 13.4. The lowest BCUT2D eigenvalue weighted by atomic mass is 10.0. The molecule has 0 aliphatic carbocycles. The summed E-state index contributed by atoms with van der Waals surface area (Å²) in [6, 6.07) is 12.4. The Morgan fingerprint density at radius 3 is 2.54 bits per heavy atom. The van der Waals surface area contributed by atoms with E-state index in [1.54, 1.807) is 12.1 Å². The zero-order valence-corrected chi connectivity index (χ0v) is 13.4. The summed E-state index contributed by atoms with van der Waals surface area (Å²) in [5, 5.41) is 11.7. The van der Waals surface area contributed by atoms with Gasteiger partial charge in [0.1, 0.15) is 5.75 Å². The number of rotatable bonds is 8. The van der Waals surface area contributed by atoms with Crippen molar-refractivity contribution in [2.75, 3.05) is 6.54 Å². The van der Waals surface area contributed by atoms with Gasteiger partial charge in [0.15, 0.2) is 0 Å². The summed E-state index contributed by atoms with van der Waals surface area (Å²) in [6.45, 7) is 2.01. The molecule has 1 aromatic heterocycles. The maximum Gasteiger partial charge on any atom is 0.308 e. The van der Waals surface area contributed by atoms with Crippen molar-refractivity contribution in [3.8, 4) is 11.6 Å². The maximum absolute atomic E-state index is 12.1. The van der Waals surface area contributed by atoms with Crippen LogP contribution in [0.4, 0.5) is 0 Å². The van der Waals surface area contributed by atoms with Crippen molar-refractivity contribution < 1.29 is 19.4 Å². The molecule has 0 saturated carbocycles. The highest BCUT2D eigenvalue weighted by molar-refractivity contribution is 5.94. The maximum atomic E-state index is 12.1. The molecule has 1 atom stereocenters. The lowest BCUT2D eigenvalue weighted by Crippen LogP contribution is -2.32. The first-order valence-electron chi connectivity index (χ1n) is 7.80. The molecule has 6 heteroatoms. The number of aromatic nitrogens is 1. The largest absolute Gasteiger partial charge is 0.481 e. The smallest absolute Gasteiger partial charge is 0.308 e. The first kappa shape index (κ1) is 17.5. The van der Waals surface area contributed by atoms with Crippen LogP contribution in [-0.4, -0.2) is 28.5 Å². The lowest BCUT2D eigenvalue weighted by molar-refractivity contribution is -0.141. The standard InChI is InChI=1S/C18H20N2O4/c1-2-6-14(18(22)23)12-20-17(21)13-9-10-16(19-11-13)24-15-7-4-3-5-8-15/h3-5,7-11,14H,2,6,12H2,1H3,(H,20,21)(H,22,23). The van der Waals surface area contributed by atoms with E-state index in [1.165, 1.54) is 6.20 Å². The number of amides is 1. The Morgan fingerprint density at radius 2 is 1.96 bits per heavy atom. The van der Waals surface area contributed by atoms with Crippen LogP contribution in [-0.2, 0) is 4.79 Å². The average molecular weight is 328 g/mol. The minimum atomic E-state index is -0.901. The van der Waals surface area contributed by atoms with E-state index in [2.05, 4.69) is 10.3 Å². The molecule has 0 radical (unpaired) electrons. The lowest BCUT2D eigenvalue weighted by Gasteiger charge is -2.12. The highest BCUT2D eigenvalue weighted by Gasteiger charge is 2.17. The van der Waals surface area contributed by atoms with Gasteiger partial charge in [-0.15, -0.1) is 0 Å². The second-order valence-electron chi connectivity index (χ2n) is 5.33. The summed E-state index contributed by atoms with van der Waals surface area (Å²) < 4.78 is 5.55. The van der Waals surface area contributed by atoms with Crippen LogP contribution >= 0.6 is 0 Å². The van der Waals surface area contributed by atoms with Crippen LogP contribution < -0.4 is 10.1 Å². The van der Waals surface area contributed by atoms with Crippen molar-refractivity contribution in [2.45, 2.75) is 19.8 Å². The molecule has 1 heterocycles. The third-order valence-electron chi connectivity index (χ3n) is 3.46. The van der Waals surface area contributed by atoms with Gasteiger partial charge in [-0.3, -0.25) is 9.59 Å². The summed E-state index contributed by atoms with van der Waals surface area (Å²) in [4.78, 5) is 27.2. The first-order chi connectivity index (χ1) is 11.6. The Kier molecular flexibility index (Phi) is 6.31. The molecule has 0 aliphatic heterocycles. The number of carbonyl (C=O) groups is 2. The van der Waals surface area contributed by atoms with Gasteiger partial charge in [-0.05, 0) is 24.6 Å². The summed E-state index contributed by atoms with van der Waals surface area (Å²) in [5.41, 5.74) is 0.357. The van der Waals surface area contributed by atoms with Crippen LogP contribution in [0.15, 0.2) is 48.7 Å². The second kappa shape index (κ2) is 8.67. The minimum absolute atomic E-state index is 0.101. The number of ether oxygens (including phenoxy) is 1. The number of para-hydroxylation sites is 1. The van der Waals surface area contributed by atoms with Crippen molar-refractivity contribution in [3.05, 3.63) is 54.2 Å². The molecule has 0 spiro atoms. The molecule has 0 bridgehead atoms. The third kappa shape index (κ3) is 5.08. The Hall–Kier alpha value is -2.89. The van der Waals surface area contributed by atoms with Crippen LogP contribution in [0.1, 0.15) is 30.1 Å². The molecule has 2 aromatic rings. The molecule has 1 aromatic carbocycles. The molecular weight excluding hydrogens is 308 g/mol. The van der Waals surface area contributed by atoms with Gasteiger partial charge in [-0.2, -0.15) is 0 Å². The molecule has 6 nitrogen and oxygen atoms in total. The normalized spacial score (nSPS) is 11.5. The fourth-order valence-corrected chi connectivity index (χ4v) is 2.16. The summed E-state index contributed by atoms with van der Waals surface area (Å²) in [5.74, 6) is -0.788. The van der Waals surface area contributed by atoms with Crippen molar-refractivity contribution in [2.24, 2.45) is 5.92 Å². The molecule has 1 amide bonds. The minimum Gasteiger partial charge on any atom is -0.481 e. The van der Waals surface area contributed by atoms with E-state index in [1.807, 2.05) is 37.3 Å². The summed E-state index contributed by atoms with van der Waals surface area (Å²) in [7, 11) is 0. The quantitative estimate of drug-likeness (QED) is 0.777. The Bertz CT molecular complexity index is 671. The second-order valence-corrected chi connectivity index (χ2v) is 5.33. The summed E-state index contributed by atoms with van der Waals surface area (Å²) >= 11 is 0. The predicted octanol–water partition coefficient (Wildman–Crippen LogP) is 3.10. The van der Waals surface area contributed by atoms with Gasteiger partial charge in [-0.25, -0.2) is 4.98 Å². The molecule has 1 unspecified atom stereocenters. The van der Waals surface area contributed by atoms with Crippen molar-refractivity contribution in [1.82, 2.24) is 10.3 Å². The average Bonchev–Trinajstić information content (AvgIpc) is 2.59. The summed E-state index contributed by atoms with van der Waals surface area (Å²) in [6.07, 6.45) is 2.68. The molecular formula is C18H20N2O4. The topological polar surface area (TPSA) is 88.5 Å². The van der Waals surface area contributed by atoms with E-state index in [4.69, 9.17) is 9.84 Å². The molecule has 0 fully saturated rings. The van der Waals surface area contributed by atoms with Gasteiger partial charge in [-0.1, -0.05) is 31.5 Å². The zero-order chi connectivity index (χ0) is 17.4. The molecule has 24 heavy (non-hydrogen) atoms. The Balaban J connectivity index is 1.92. The number of nitrogens with one attached hydrogen (secondary N) is 1. The number of carbonyl (C=O) groups excluding carboxylic acids is 1. The van der Waals surface area contributed by atoms with Crippen LogP contribution in [0.25, 0.3) is 0 Å². The Morgan fingerprint density at radius 1 is 1.21 bits per heavy atom. The van der Waals surface area contributed by atoms with Crippen LogP contribution in [0, 0.1) is 5.92 Å². The van der Waals surface area contributed by atoms with Gasteiger partial charge in [0.2, 0.25) is 5.88 Å². The van der Waals surface area contributed by atoms with E-state index in [0.717, 1.165) is 6.42 Å². The monoisotopic (exact) mass is 328 g/mol. The van der Waals surface area contributed by atoms with E-state index < -0.39 is 11.9 Å². The molecule has 0 saturated heterocycles. The van der Waals surface area contributed by atoms with E-state index in [-0.39, 0.29) is 12.5 Å². The van der Waals surface area contributed by atoms with Gasteiger partial charge in [0.25, 0.3) is 5.91 Å². The van der Waals surface area contributed by atoms with Gasteiger partial charge < -0.3 is 15.2 Å². The van der Waals surface area contributed by atoms with Crippen molar-refractivity contribution in [1.29, 1.82) is 0 Å². The molecule has 2 rings (SSSR count). The number of hydrogen-bond donors (Lipinski definition) is 2. The fraction of sp³-hybridized carbons (Fsp3) is 0.278. The number of nitrogens with zero attached hydrogens (tertiary/aromatic N) is 1. The number of aliphatic carboxylic acids is 1. The highest BCUT2D eigenvalue weighted by Crippen LogP contribution is 2.18. The van der Waals surface area contributed by atoms with Crippen LogP contribution in [0.3, 0.4) is 0 Å². The molecule has 126 valence electrons. The highest BCUT2D eigenvalue weighted by atomic mass is 16.5. The number of hydrogen-bond acceptors (Lipinski definition) is 4. The fourth-order valence-electron chi connectivity index (χ4n) is 2.16. The molecule has 2 N–H and O–H groups in total. The van der Waals surface area contributed by atoms with Crippen LogP contribution in [0.2, 0.25) is 0 Å². The third-order valence-corrected chi connectivity index (χ3v) is 3.46. The number of carboxylic acids is 1. The van der Waals surface area contributed by atoms with Gasteiger partial charge in [0, 0.05) is 18.8 Å². The van der Waals surface area contributed by atoms with E-state index >= 15 is 0 Å². The Labute approximate surface area is 140 Å². The van der Waals surface area contributed by atoms with Crippen molar-refractivity contribution in [3.63, 3.8) is 0 Å².